The Kier molecular flexibility index (Phi) is 8.11. The number of esters is 1. The van der Waals surface area contributed by atoms with Crippen molar-refractivity contribution in [2.45, 2.75) is 25.5 Å². The Hall–Kier alpha value is -1.54. The van der Waals surface area contributed by atoms with Crippen molar-refractivity contribution in [1.29, 1.82) is 0 Å². The maximum atomic E-state index is 12.3. The van der Waals surface area contributed by atoms with Crippen LogP contribution in [0.4, 0.5) is 0 Å². The molecular weight excluding hydrogens is 384 g/mol. The predicted octanol–water partition coefficient (Wildman–Crippen LogP) is 1.72. The number of benzene rings is 1. The quantitative estimate of drug-likeness (QED) is 0.644. The molecule has 0 aromatic heterocycles. The van der Waals surface area contributed by atoms with Gasteiger partial charge in [0, 0.05) is 4.47 Å². The Bertz CT molecular complexity index is 582. The minimum Gasteiger partial charge on any atom is -0.451 e. The first kappa shape index (κ1) is 19.5. The van der Waals surface area contributed by atoms with Crippen LogP contribution in [-0.2, 0) is 14.3 Å². The molecule has 0 aliphatic heterocycles. The molecule has 0 fully saturated rings. The fraction of sp³-hybridized carbons (Fsp3) is 0.400. The van der Waals surface area contributed by atoms with E-state index < -0.39 is 29.9 Å². The number of nitrogens with two attached hydrogens (primary N) is 1. The topological polar surface area (TPSA) is 98.5 Å². The summed E-state index contributed by atoms with van der Waals surface area (Å²) in [7, 11) is 0. The molecule has 6 nitrogen and oxygen atoms in total. The van der Waals surface area contributed by atoms with Gasteiger partial charge in [-0.05, 0) is 53.4 Å². The molecule has 1 aromatic carbocycles. The molecule has 0 aliphatic rings. The number of hydrogen-bond donors (Lipinski definition) is 2. The SMILES string of the molecule is CSCC[C@H](NC(=O)c1ccccc1Br)C(=O)O[C@H](C)C(N)=O. The van der Waals surface area contributed by atoms with Crippen LogP contribution in [0.25, 0.3) is 0 Å². The van der Waals surface area contributed by atoms with Crippen LogP contribution >= 0.6 is 27.7 Å². The van der Waals surface area contributed by atoms with Crippen LogP contribution in [0.15, 0.2) is 28.7 Å². The number of carbonyl (C=O) groups excluding carboxylic acids is 3. The van der Waals surface area contributed by atoms with Gasteiger partial charge in [0.05, 0.1) is 5.56 Å². The van der Waals surface area contributed by atoms with E-state index in [1.165, 1.54) is 18.7 Å². The lowest BCUT2D eigenvalue weighted by atomic mass is 10.1. The number of halogens is 1. The zero-order valence-electron chi connectivity index (χ0n) is 12.9. The Morgan fingerprint density at radius 2 is 2.00 bits per heavy atom. The summed E-state index contributed by atoms with van der Waals surface area (Å²) in [5.41, 5.74) is 5.50. The third-order valence-corrected chi connectivity index (χ3v) is 4.35. The highest BCUT2D eigenvalue weighted by molar-refractivity contribution is 9.10. The molecule has 0 bridgehead atoms. The number of primary amides is 1. The molecule has 0 saturated carbocycles. The first-order valence-corrected chi connectivity index (χ1v) is 9.09. The summed E-state index contributed by atoms with van der Waals surface area (Å²) in [6.45, 7) is 1.39. The van der Waals surface area contributed by atoms with Crippen LogP contribution in [0, 0.1) is 0 Å². The van der Waals surface area contributed by atoms with Gasteiger partial charge in [-0.15, -0.1) is 0 Å². The highest BCUT2D eigenvalue weighted by Gasteiger charge is 2.26. The minimum atomic E-state index is -1.04. The van der Waals surface area contributed by atoms with E-state index in [0.717, 1.165) is 0 Å². The van der Waals surface area contributed by atoms with Gasteiger partial charge in [-0.1, -0.05) is 12.1 Å². The van der Waals surface area contributed by atoms with Gasteiger partial charge in [0.25, 0.3) is 11.8 Å². The van der Waals surface area contributed by atoms with Gasteiger partial charge < -0.3 is 15.8 Å². The monoisotopic (exact) mass is 402 g/mol. The third-order valence-electron chi connectivity index (χ3n) is 3.01. The average molecular weight is 403 g/mol. The number of rotatable bonds is 8. The van der Waals surface area contributed by atoms with Crippen molar-refractivity contribution < 1.29 is 19.1 Å². The highest BCUT2D eigenvalue weighted by Crippen LogP contribution is 2.16. The number of amides is 2. The van der Waals surface area contributed by atoms with E-state index in [1.54, 1.807) is 24.3 Å². The van der Waals surface area contributed by atoms with Gasteiger partial charge in [-0.3, -0.25) is 9.59 Å². The lowest BCUT2D eigenvalue weighted by Crippen LogP contribution is -2.44. The van der Waals surface area contributed by atoms with Crippen molar-refractivity contribution in [2.24, 2.45) is 5.73 Å². The zero-order valence-corrected chi connectivity index (χ0v) is 15.3. The number of ether oxygens (including phenoxy) is 1. The molecule has 0 unspecified atom stereocenters. The number of hydrogen-bond acceptors (Lipinski definition) is 5. The largest absolute Gasteiger partial charge is 0.451 e. The lowest BCUT2D eigenvalue weighted by molar-refractivity contribution is -0.155. The molecular formula is C15H19BrN2O4S. The molecule has 126 valence electrons. The Labute approximate surface area is 147 Å². The molecule has 0 heterocycles. The first-order chi connectivity index (χ1) is 10.9. The average Bonchev–Trinajstić information content (AvgIpc) is 2.51. The van der Waals surface area contributed by atoms with Gasteiger partial charge in [-0.2, -0.15) is 11.8 Å². The van der Waals surface area contributed by atoms with Crippen molar-refractivity contribution in [2.75, 3.05) is 12.0 Å². The van der Waals surface area contributed by atoms with Gasteiger partial charge in [0.1, 0.15) is 6.04 Å². The minimum absolute atomic E-state index is 0.391. The molecule has 0 spiro atoms. The summed E-state index contributed by atoms with van der Waals surface area (Å²) in [4.78, 5) is 35.5. The molecule has 1 aromatic rings. The maximum absolute atomic E-state index is 12.3. The Morgan fingerprint density at radius 1 is 1.35 bits per heavy atom. The first-order valence-electron chi connectivity index (χ1n) is 6.91. The molecule has 2 amide bonds. The summed E-state index contributed by atoms with van der Waals surface area (Å²) < 4.78 is 5.61. The fourth-order valence-corrected chi connectivity index (χ4v) is 2.62. The number of carbonyl (C=O) groups is 3. The van der Waals surface area contributed by atoms with E-state index in [2.05, 4.69) is 21.2 Å². The smallest absolute Gasteiger partial charge is 0.329 e. The number of thioether (sulfide) groups is 1. The van der Waals surface area contributed by atoms with E-state index in [1.807, 2.05) is 6.26 Å². The standard InChI is InChI=1S/C15H19BrN2O4S/c1-9(13(17)19)22-15(21)12(7-8-23-2)18-14(20)10-5-3-4-6-11(10)16/h3-6,9,12H,7-8H2,1-2H3,(H2,17,19)(H,18,20)/t9-,12+/m1/s1. The maximum Gasteiger partial charge on any atom is 0.329 e. The molecule has 0 aliphatic carbocycles. The van der Waals surface area contributed by atoms with Crippen molar-refractivity contribution in [3.05, 3.63) is 34.3 Å². The van der Waals surface area contributed by atoms with Crippen LogP contribution in [0.1, 0.15) is 23.7 Å². The molecule has 1 rings (SSSR count). The second-order valence-corrected chi connectivity index (χ2v) is 6.61. The van der Waals surface area contributed by atoms with Crippen molar-refractivity contribution in [1.82, 2.24) is 5.32 Å². The van der Waals surface area contributed by atoms with Crippen molar-refractivity contribution in [3.8, 4) is 0 Å². The van der Waals surface area contributed by atoms with E-state index in [0.29, 0.717) is 22.2 Å². The van der Waals surface area contributed by atoms with E-state index in [4.69, 9.17) is 10.5 Å². The van der Waals surface area contributed by atoms with E-state index in [-0.39, 0.29) is 0 Å². The number of nitrogens with one attached hydrogen (secondary N) is 1. The van der Waals surface area contributed by atoms with Gasteiger partial charge in [0.15, 0.2) is 6.10 Å². The van der Waals surface area contributed by atoms with Crippen LogP contribution in [-0.4, -0.2) is 41.9 Å². The van der Waals surface area contributed by atoms with Crippen LogP contribution in [0.5, 0.6) is 0 Å². The molecule has 23 heavy (non-hydrogen) atoms. The lowest BCUT2D eigenvalue weighted by Gasteiger charge is -2.19. The molecule has 3 N–H and O–H groups in total. The van der Waals surface area contributed by atoms with Crippen LogP contribution in [0.3, 0.4) is 0 Å². The van der Waals surface area contributed by atoms with Crippen LogP contribution in [0.2, 0.25) is 0 Å². The molecule has 2 atom stereocenters. The normalized spacial score (nSPS) is 13.0. The summed E-state index contributed by atoms with van der Waals surface area (Å²) in [6, 6.07) is 6.05. The summed E-state index contributed by atoms with van der Waals surface area (Å²) in [5, 5.41) is 2.64. The van der Waals surface area contributed by atoms with Gasteiger partial charge in [0.2, 0.25) is 0 Å². The Balaban J connectivity index is 2.81. The van der Waals surface area contributed by atoms with Crippen molar-refractivity contribution in [3.63, 3.8) is 0 Å². The second-order valence-electron chi connectivity index (χ2n) is 4.77. The fourth-order valence-electron chi connectivity index (χ4n) is 1.68. The van der Waals surface area contributed by atoms with Gasteiger partial charge in [-0.25, -0.2) is 4.79 Å². The summed E-state index contributed by atoms with van der Waals surface area (Å²) in [5.74, 6) is -1.15. The molecule has 0 saturated heterocycles. The predicted molar refractivity (Wildman–Crippen MR) is 93.1 cm³/mol. The van der Waals surface area contributed by atoms with E-state index >= 15 is 0 Å². The molecule has 8 heteroatoms. The second kappa shape index (κ2) is 9.57. The Morgan fingerprint density at radius 3 is 2.57 bits per heavy atom. The van der Waals surface area contributed by atoms with E-state index in [9.17, 15) is 14.4 Å². The zero-order chi connectivity index (χ0) is 17.4. The van der Waals surface area contributed by atoms with Gasteiger partial charge >= 0.3 is 5.97 Å². The van der Waals surface area contributed by atoms with Crippen molar-refractivity contribution >= 4 is 45.5 Å². The summed E-state index contributed by atoms with van der Waals surface area (Å²) >= 11 is 4.83. The molecule has 0 radical (unpaired) electrons. The third kappa shape index (κ3) is 6.23. The summed E-state index contributed by atoms with van der Waals surface area (Å²) in [6.07, 6.45) is 1.24. The van der Waals surface area contributed by atoms with Crippen LogP contribution < -0.4 is 11.1 Å². The highest BCUT2D eigenvalue weighted by atomic mass is 79.9.